The number of carbonyl (C=O) groups excluding carboxylic acids is 2. The van der Waals surface area contributed by atoms with Crippen LogP contribution in [-0.4, -0.2) is 29.6 Å². The van der Waals surface area contributed by atoms with E-state index in [1.54, 1.807) is 0 Å². The Morgan fingerprint density at radius 3 is 2.10 bits per heavy atom. The molecule has 0 aromatic rings. The fourth-order valence-electron chi connectivity index (χ4n) is 2.77. The summed E-state index contributed by atoms with van der Waals surface area (Å²) in [5.41, 5.74) is 0. The van der Waals surface area contributed by atoms with E-state index in [1.165, 1.54) is 25.7 Å². The van der Waals surface area contributed by atoms with Gasteiger partial charge in [0.2, 0.25) is 5.91 Å². The van der Waals surface area contributed by atoms with E-state index >= 15 is 0 Å². The van der Waals surface area contributed by atoms with Crippen LogP contribution in [-0.2, 0) is 9.59 Å². The number of nitrogens with one attached hydrogen (secondary N) is 2. The van der Waals surface area contributed by atoms with Crippen molar-refractivity contribution in [1.82, 2.24) is 10.6 Å². The third-order valence-corrected chi connectivity index (χ3v) is 4.25. The maximum atomic E-state index is 11.6. The molecule has 0 bridgehead atoms. The van der Waals surface area contributed by atoms with Gasteiger partial charge >= 0.3 is 12.0 Å². The SMILES string of the molecule is O=C(O)CCCCC(=O)NC(=O)NCC(C1CC1)C1CC1. The molecule has 0 spiro atoms. The van der Waals surface area contributed by atoms with Crippen LogP contribution in [0.15, 0.2) is 0 Å². The van der Waals surface area contributed by atoms with Crippen LogP contribution in [0.5, 0.6) is 0 Å². The number of hydrogen-bond acceptors (Lipinski definition) is 3. The predicted molar refractivity (Wildman–Crippen MR) is 76.6 cm³/mol. The van der Waals surface area contributed by atoms with E-state index in [0.29, 0.717) is 25.3 Å². The van der Waals surface area contributed by atoms with E-state index in [1.807, 2.05) is 0 Å². The average molecular weight is 296 g/mol. The van der Waals surface area contributed by atoms with Crippen molar-refractivity contribution in [3.63, 3.8) is 0 Å². The van der Waals surface area contributed by atoms with Gasteiger partial charge in [-0.15, -0.1) is 0 Å². The van der Waals surface area contributed by atoms with Gasteiger partial charge in [0.25, 0.3) is 0 Å². The van der Waals surface area contributed by atoms with E-state index in [4.69, 9.17) is 5.11 Å². The van der Waals surface area contributed by atoms with E-state index in [-0.39, 0.29) is 18.7 Å². The molecule has 6 nitrogen and oxygen atoms in total. The lowest BCUT2D eigenvalue weighted by Crippen LogP contribution is -2.42. The van der Waals surface area contributed by atoms with E-state index < -0.39 is 12.0 Å². The number of rotatable bonds is 9. The maximum Gasteiger partial charge on any atom is 0.321 e. The number of amides is 3. The van der Waals surface area contributed by atoms with Gasteiger partial charge in [0.05, 0.1) is 0 Å². The predicted octanol–water partition coefficient (Wildman–Crippen LogP) is 1.89. The van der Waals surface area contributed by atoms with Gasteiger partial charge in [-0.3, -0.25) is 14.9 Å². The third-order valence-electron chi connectivity index (χ3n) is 4.25. The minimum absolute atomic E-state index is 0.0595. The van der Waals surface area contributed by atoms with Crippen LogP contribution >= 0.6 is 0 Å². The monoisotopic (exact) mass is 296 g/mol. The van der Waals surface area contributed by atoms with Crippen LogP contribution in [0.25, 0.3) is 0 Å². The Morgan fingerprint density at radius 1 is 1.00 bits per heavy atom. The van der Waals surface area contributed by atoms with Crippen molar-refractivity contribution in [2.75, 3.05) is 6.54 Å². The first-order chi connectivity index (χ1) is 10.1. The van der Waals surface area contributed by atoms with Crippen LogP contribution in [0.1, 0.15) is 51.4 Å². The fraction of sp³-hybridized carbons (Fsp3) is 0.800. The smallest absolute Gasteiger partial charge is 0.321 e. The van der Waals surface area contributed by atoms with Crippen molar-refractivity contribution in [3.8, 4) is 0 Å². The molecule has 2 aliphatic rings. The number of unbranched alkanes of at least 4 members (excludes halogenated alkanes) is 1. The first-order valence-electron chi connectivity index (χ1n) is 7.85. The van der Waals surface area contributed by atoms with Gasteiger partial charge in [-0.25, -0.2) is 4.79 Å². The number of imide groups is 1. The first kappa shape index (κ1) is 15.8. The molecule has 2 fully saturated rings. The molecular formula is C15H24N2O4. The second-order valence-corrected chi connectivity index (χ2v) is 6.20. The second kappa shape index (κ2) is 7.43. The molecule has 2 aliphatic carbocycles. The molecule has 0 radical (unpaired) electrons. The summed E-state index contributed by atoms with van der Waals surface area (Å²) < 4.78 is 0. The summed E-state index contributed by atoms with van der Waals surface area (Å²) in [4.78, 5) is 33.5. The molecule has 0 aliphatic heterocycles. The topological polar surface area (TPSA) is 95.5 Å². The van der Waals surface area contributed by atoms with Gasteiger partial charge < -0.3 is 10.4 Å². The lowest BCUT2D eigenvalue weighted by atomic mass is 9.98. The van der Waals surface area contributed by atoms with Gasteiger partial charge in [-0.05, 0) is 56.3 Å². The van der Waals surface area contributed by atoms with Crippen molar-refractivity contribution in [3.05, 3.63) is 0 Å². The normalized spacial score (nSPS) is 17.6. The standard InChI is InChI=1S/C15H24N2O4/c18-13(3-1-2-4-14(19)20)17-15(21)16-9-12(10-5-6-10)11-7-8-11/h10-12H,1-9H2,(H,19,20)(H2,16,17,18,21). The molecule has 0 atom stereocenters. The van der Waals surface area contributed by atoms with Crippen LogP contribution in [0.3, 0.4) is 0 Å². The first-order valence-corrected chi connectivity index (χ1v) is 7.85. The van der Waals surface area contributed by atoms with Crippen molar-refractivity contribution in [1.29, 1.82) is 0 Å². The number of carboxylic acids is 1. The summed E-state index contributed by atoms with van der Waals surface area (Å²) in [5.74, 6) is 0.919. The second-order valence-electron chi connectivity index (χ2n) is 6.20. The Hall–Kier alpha value is -1.59. The molecule has 3 amide bonds. The summed E-state index contributed by atoms with van der Waals surface area (Å²) in [6.45, 7) is 0.660. The molecule has 21 heavy (non-hydrogen) atoms. The summed E-state index contributed by atoms with van der Waals surface area (Å²) in [6.07, 6.45) is 6.27. The molecule has 0 saturated heterocycles. The number of carboxylic acid groups (broad SMARTS) is 1. The highest BCUT2D eigenvalue weighted by Crippen LogP contribution is 2.48. The number of hydrogen-bond donors (Lipinski definition) is 3. The van der Waals surface area contributed by atoms with Gasteiger partial charge in [0.15, 0.2) is 0 Å². The lowest BCUT2D eigenvalue weighted by molar-refractivity contribution is -0.137. The van der Waals surface area contributed by atoms with Crippen LogP contribution in [0.4, 0.5) is 4.79 Å². The Bertz CT molecular complexity index is 390. The third kappa shape index (κ3) is 6.14. The molecule has 6 heteroatoms. The quantitative estimate of drug-likeness (QED) is 0.566. The van der Waals surface area contributed by atoms with Crippen LogP contribution < -0.4 is 10.6 Å². The zero-order valence-electron chi connectivity index (χ0n) is 12.3. The highest BCUT2D eigenvalue weighted by atomic mass is 16.4. The van der Waals surface area contributed by atoms with Crippen molar-refractivity contribution < 1.29 is 19.5 Å². The summed E-state index contributed by atoms with van der Waals surface area (Å²) >= 11 is 0. The molecule has 118 valence electrons. The molecule has 0 aromatic heterocycles. The zero-order chi connectivity index (χ0) is 15.2. The van der Waals surface area contributed by atoms with Gasteiger partial charge in [-0.2, -0.15) is 0 Å². The average Bonchev–Trinajstić information content (AvgIpc) is 3.26. The molecule has 3 N–H and O–H groups in total. The maximum absolute atomic E-state index is 11.6. The summed E-state index contributed by atoms with van der Waals surface area (Å²) in [6, 6.07) is -0.426. The largest absolute Gasteiger partial charge is 0.481 e. The van der Waals surface area contributed by atoms with Crippen molar-refractivity contribution in [2.24, 2.45) is 17.8 Å². The Morgan fingerprint density at radius 2 is 1.57 bits per heavy atom. The molecule has 0 unspecified atom stereocenters. The number of aliphatic carboxylic acids is 1. The minimum atomic E-state index is -0.862. The molecule has 0 aromatic carbocycles. The molecular weight excluding hydrogens is 272 g/mol. The van der Waals surface area contributed by atoms with Gasteiger partial charge in [0.1, 0.15) is 0 Å². The van der Waals surface area contributed by atoms with Crippen molar-refractivity contribution >= 4 is 17.9 Å². The minimum Gasteiger partial charge on any atom is -0.481 e. The Labute approximate surface area is 124 Å². The molecule has 2 rings (SSSR count). The van der Waals surface area contributed by atoms with Crippen LogP contribution in [0, 0.1) is 17.8 Å². The highest BCUT2D eigenvalue weighted by Gasteiger charge is 2.41. The molecule has 2 saturated carbocycles. The number of carbonyl (C=O) groups is 3. The van der Waals surface area contributed by atoms with E-state index in [0.717, 1.165) is 11.8 Å². The number of urea groups is 1. The van der Waals surface area contributed by atoms with Crippen molar-refractivity contribution in [2.45, 2.75) is 51.4 Å². The fourth-order valence-corrected chi connectivity index (χ4v) is 2.77. The van der Waals surface area contributed by atoms with Gasteiger partial charge in [-0.1, -0.05) is 0 Å². The van der Waals surface area contributed by atoms with Gasteiger partial charge in [0, 0.05) is 19.4 Å². The van der Waals surface area contributed by atoms with E-state index in [2.05, 4.69) is 10.6 Å². The highest BCUT2D eigenvalue weighted by molar-refractivity contribution is 5.94. The summed E-state index contributed by atoms with van der Waals surface area (Å²) in [7, 11) is 0. The van der Waals surface area contributed by atoms with Crippen LogP contribution in [0.2, 0.25) is 0 Å². The Kier molecular flexibility index (Phi) is 5.59. The lowest BCUT2D eigenvalue weighted by Gasteiger charge is -2.16. The summed E-state index contributed by atoms with van der Waals surface area (Å²) in [5, 5.41) is 13.6. The Balaban J connectivity index is 1.55. The molecule has 0 heterocycles. The van der Waals surface area contributed by atoms with E-state index in [9.17, 15) is 14.4 Å². The zero-order valence-corrected chi connectivity index (χ0v) is 12.3.